The predicted octanol–water partition coefficient (Wildman–Crippen LogP) is 2.63. The number of carbonyl (C=O) groups is 4. The van der Waals surface area contributed by atoms with Crippen LogP contribution in [-0.4, -0.2) is 75.4 Å². The Balaban J connectivity index is 0.000000377. The van der Waals surface area contributed by atoms with E-state index in [-0.39, 0.29) is 0 Å². The number of nitrogens with zero attached hydrogens (tertiary/aromatic N) is 2. The Morgan fingerprint density at radius 3 is 1.58 bits per heavy atom. The van der Waals surface area contributed by atoms with Crippen molar-refractivity contribution in [2.45, 2.75) is 6.54 Å². The van der Waals surface area contributed by atoms with Crippen molar-refractivity contribution in [3.8, 4) is 0 Å². The number of hydrogen-bond acceptors (Lipinski definition) is 6. The molecule has 0 amide bonds. The zero-order valence-electron chi connectivity index (χ0n) is 17.2. The maximum atomic E-state index is 9.10. The van der Waals surface area contributed by atoms with E-state index >= 15 is 0 Å². The van der Waals surface area contributed by atoms with Gasteiger partial charge in [-0.05, 0) is 29.8 Å². The molecule has 1 heterocycles. The highest BCUT2D eigenvalue weighted by molar-refractivity contribution is 6.33. The van der Waals surface area contributed by atoms with Crippen molar-refractivity contribution in [3.05, 3.63) is 64.1 Å². The summed E-state index contributed by atoms with van der Waals surface area (Å²) in [5.74, 6) is -7.30. The quantitative estimate of drug-likeness (QED) is 0.461. The van der Waals surface area contributed by atoms with Crippen LogP contribution in [0.2, 0.25) is 10.0 Å². The second kappa shape index (κ2) is 13.9. The fourth-order valence-electron chi connectivity index (χ4n) is 2.70. The SMILES string of the molecule is Clc1ccc(CN2CCN(c3ccccc3Cl)CC2)cc1.O=C(O)C(=O)O.O=C(O)C(=O)O. The maximum absolute atomic E-state index is 9.10. The van der Waals surface area contributed by atoms with Gasteiger partial charge < -0.3 is 25.3 Å². The number of para-hydroxylation sites is 1. The van der Waals surface area contributed by atoms with Gasteiger partial charge in [-0.2, -0.15) is 0 Å². The highest BCUT2D eigenvalue weighted by Gasteiger charge is 2.18. The lowest BCUT2D eigenvalue weighted by Gasteiger charge is -2.36. The molecule has 2 aromatic rings. The van der Waals surface area contributed by atoms with Crippen molar-refractivity contribution in [2.24, 2.45) is 0 Å². The number of carboxylic acid groups (broad SMARTS) is 4. The molecule has 2 aromatic carbocycles. The van der Waals surface area contributed by atoms with Crippen molar-refractivity contribution in [1.29, 1.82) is 0 Å². The molecule has 1 saturated heterocycles. The zero-order chi connectivity index (χ0) is 25.0. The Kier molecular flexibility index (Phi) is 11.7. The van der Waals surface area contributed by atoms with E-state index in [1.54, 1.807) is 0 Å². The van der Waals surface area contributed by atoms with Crippen LogP contribution in [0.15, 0.2) is 48.5 Å². The standard InChI is InChI=1S/C17H18Cl2N2.2C2H2O4/c18-15-7-5-14(6-8-15)13-20-9-11-21(12-10-20)17-4-2-1-3-16(17)19;2*3-1(4)2(5)6/h1-8H,9-13H2;2*(H,3,4)(H,5,6). The first kappa shape index (κ1) is 27.7. The Morgan fingerprint density at radius 2 is 1.15 bits per heavy atom. The summed E-state index contributed by atoms with van der Waals surface area (Å²) >= 11 is 12.2. The largest absolute Gasteiger partial charge is 0.473 e. The number of aliphatic carboxylic acids is 4. The van der Waals surface area contributed by atoms with Crippen LogP contribution in [-0.2, 0) is 25.7 Å². The molecule has 0 bridgehead atoms. The molecule has 3 rings (SSSR count). The van der Waals surface area contributed by atoms with Crippen molar-refractivity contribution in [2.75, 3.05) is 31.1 Å². The molecule has 0 aliphatic carbocycles. The zero-order valence-corrected chi connectivity index (χ0v) is 18.7. The van der Waals surface area contributed by atoms with Gasteiger partial charge in [-0.25, -0.2) is 19.2 Å². The molecule has 0 unspecified atom stereocenters. The molecule has 0 saturated carbocycles. The molecule has 0 aromatic heterocycles. The lowest BCUT2D eigenvalue weighted by molar-refractivity contribution is -0.159. The van der Waals surface area contributed by atoms with Crippen LogP contribution in [0.1, 0.15) is 5.56 Å². The van der Waals surface area contributed by atoms with Crippen LogP contribution in [0.3, 0.4) is 0 Å². The van der Waals surface area contributed by atoms with E-state index in [1.807, 2.05) is 30.3 Å². The van der Waals surface area contributed by atoms with Gasteiger partial charge in [-0.1, -0.05) is 47.5 Å². The van der Waals surface area contributed by atoms with Crippen molar-refractivity contribution >= 4 is 52.8 Å². The number of halogens is 2. The average Bonchev–Trinajstić information content (AvgIpc) is 2.77. The molecule has 4 N–H and O–H groups in total. The number of anilines is 1. The first-order valence-corrected chi connectivity index (χ1v) is 10.2. The van der Waals surface area contributed by atoms with Crippen LogP contribution in [0.4, 0.5) is 5.69 Å². The summed E-state index contributed by atoms with van der Waals surface area (Å²) in [5.41, 5.74) is 2.45. The summed E-state index contributed by atoms with van der Waals surface area (Å²) in [4.78, 5) is 41.2. The molecule has 10 nitrogen and oxygen atoms in total. The van der Waals surface area contributed by atoms with Gasteiger partial charge in [0.25, 0.3) is 0 Å². The molecule has 1 aliphatic heterocycles. The number of piperazine rings is 1. The lowest BCUT2D eigenvalue weighted by atomic mass is 10.2. The molecule has 0 radical (unpaired) electrons. The molecule has 0 atom stereocenters. The number of hydrogen-bond donors (Lipinski definition) is 4. The van der Waals surface area contributed by atoms with E-state index in [4.69, 9.17) is 62.8 Å². The van der Waals surface area contributed by atoms with Crippen molar-refractivity contribution < 1.29 is 39.6 Å². The Bertz CT molecular complexity index is 913. The Morgan fingerprint density at radius 1 is 0.697 bits per heavy atom. The number of rotatable bonds is 3. The van der Waals surface area contributed by atoms with Crippen LogP contribution >= 0.6 is 23.2 Å². The first-order chi connectivity index (χ1) is 15.5. The molecule has 1 fully saturated rings. The maximum Gasteiger partial charge on any atom is 0.414 e. The second-order valence-corrected chi connectivity index (χ2v) is 7.41. The summed E-state index contributed by atoms with van der Waals surface area (Å²) in [5, 5.41) is 31.2. The summed E-state index contributed by atoms with van der Waals surface area (Å²) in [6, 6.07) is 16.2. The van der Waals surface area contributed by atoms with Gasteiger partial charge >= 0.3 is 23.9 Å². The highest BCUT2D eigenvalue weighted by Crippen LogP contribution is 2.26. The van der Waals surface area contributed by atoms with Gasteiger partial charge in [0.15, 0.2) is 0 Å². The molecule has 12 heteroatoms. The number of carboxylic acids is 4. The second-order valence-electron chi connectivity index (χ2n) is 6.56. The lowest BCUT2D eigenvalue weighted by Crippen LogP contribution is -2.46. The predicted molar refractivity (Wildman–Crippen MR) is 121 cm³/mol. The molecule has 33 heavy (non-hydrogen) atoms. The third kappa shape index (κ3) is 10.7. The van der Waals surface area contributed by atoms with Gasteiger partial charge in [0, 0.05) is 37.7 Å². The summed E-state index contributed by atoms with van der Waals surface area (Å²) in [6.45, 7) is 5.10. The van der Waals surface area contributed by atoms with Crippen molar-refractivity contribution in [3.63, 3.8) is 0 Å². The van der Waals surface area contributed by atoms with Gasteiger partial charge in [0.1, 0.15) is 0 Å². The average molecular weight is 501 g/mol. The van der Waals surface area contributed by atoms with E-state index in [9.17, 15) is 0 Å². The van der Waals surface area contributed by atoms with E-state index in [1.165, 1.54) is 5.56 Å². The third-order valence-corrected chi connectivity index (χ3v) is 4.82. The minimum Gasteiger partial charge on any atom is -0.473 e. The fourth-order valence-corrected chi connectivity index (χ4v) is 3.08. The van der Waals surface area contributed by atoms with Gasteiger partial charge in [0.2, 0.25) is 0 Å². The van der Waals surface area contributed by atoms with E-state index < -0.39 is 23.9 Å². The smallest absolute Gasteiger partial charge is 0.414 e. The summed E-state index contributed by atoms with van der Waals surface area (Å²) in [6.07, 6.45) is 0. The van der Waals surface area contributed by atoms with Crippen LogP contribution in [0.25, 0.3) is 0 Å². The first-order valence-electron chi connectivity index (χ1n) is 9.40. The monoisotopic (exact) mass is 500 g/mol. The van der Waals surface area contributed by atoms with Crippen LogP contribution < -0.4 is 4.90 Å². The summed E-state index contributed by atoms with van der Waals surface area (Å²) in [7, 11) is 0. The van der Waals surface area contributed by atoms with Gasteiger partial charge in [-0.15, -0.1) is 0 Å². The van der Waals surface area contributed by atoms with Gasteiger partial charge in [-0.3, -0.25) is 4.90 Å². The normalized spacial score (nSPS) is 13.0. The molecular formula is C21H22Cl2N2O8. The van der Waals surface area contributed by atoms with E-state index in [0.29, 0.717) is 0 Å². The van der Waals surface area contributed by atoms with Crippen LogP contribution in [0.5, 0.6) is 0 Å². The topological polar surface area (TPSA) is 156 Å². The Hall–Kier alpha value is -3.34. The molecular weight excluding hydrogens is 479 g/mol. The summed E-state index contributed by atoms with van der Waals surface area (Å²) < 4.78 is 0. The van der Waals surface area contributed by atoms with Crippen molar-refractivity contribution in [1.82, 2.24) is 4.90 Å². The fraction of sp³-hybridized carbons (Fsp3) is 0.238. The van der Waals surface area contributed by atoms with Crippen LogP contribution in [0, 0.1) is 0 Å². The van der Waals surface area contributed by atoms with E-state index in [0.717, 1.165) is 48.5 Å². The minimum atomic E-state index is -1.82. The molecule has 178 valence electrons. The number of benzene rings is 2. The highest BCUT2D eigenvalue weighted by atomic mass is 35.5. The van der Waals surface area contributed by atoms with E-state index in [2.05, 4.69) is 28.0 Å². The molecule has 1 aliphatic rings. The Labute approximate surface area is 199 Å². The minimum absolute atomic E-state index is 0.794. The van der Waals surface area contributed by atoms with Gasteiger partial charge in [0.05, 0.1) is 10.7 Å². The third-order valence-electron chi connectivity index (χ3n) is 4.25. The molecule has 0 spiro atoms.